The third-order valence-electron chi connectivity index (χ3n) is 2.81. The second kappa shape index (κ2) is 6.13. The Bertz CT molecular complexity index is 401. The Morgan fingerprint density at radius 3 is 2.44 bits per heavy atom. The molecule has 0 radical (unpaired) electrons. The Balaban J connectivity index is 2.91. The molecule has 0 saturated heterocycles. The van der Waals surface area contributed by atoms with Crippen molar-refractivity contribution in [3.05, 3.63) is 34.1 Å². The number of halogens is 2. The summed E-state index contributed by atoms with van der Waals surface area (Å²) in [5, 5.41) is 0. The fraction of sp³-hybridized carbons (Fsp3) is 0.571. The van der Waals surface area contributed by atoms with Crippen LogP contribution in [0.2, 0.25) is 0 Å². The summed E-state index contributed by atoms with van der Waals surface area (Å²) in [6, 6.07) is 5.21. The Morgan fingerprint density at radius 1 is 1.39 bits per heavy atom. The highest BCUT2D eigenvalue weighted by Crippen LogP contribution is 2.26. The van der Waals surface area contributed by atoms with Crippen LogP contribution in [0, 0.1) is 11.2 Å². The first-order valence-electron chi connectivity index (χ1n) is 6.10. The first-order valence-corrected chi connectivity index (χ1v) is 6.89. The molecule has 1 aromatic rings. The molecule has 1 atom stereocenters. The van der Waals surface area contributed by atoms with Gasteiger partial charge < -0.3 is 5.73 Å². The standard InChI is InChI=1S/C14H22BrFN2/c1-14(2,3)9-18(4)13(8-17)10-5-6-12(16)11(15)7-10/h5-7,13H,8-9,17H2,1-4H3. The Hall–Kier alpha value is -0.450. The number of nitrogens with zero attached hydrogens (tertiary/aromatic N) is 1. The molecular weight excluding hydrogens is 295 g/mol. The third kappa shape index (κ3) is 4.34. The van der Waals surface area contributed by atoms with Gasteiger partial charge >= 0.3 is 0 Å². The smallest absolute Gasteiger partial charge is 0.137 e. The summed E-state index contributed by atoms with van der Waals surface area (Å²) in [6.07, 6.45) is 0. The minimum atomic E-state index is -0.243. The second-order valence-corrected chi connectivity index (χ2v) is 6.76. The Labute approximate surface area is 117 Å². The van der Waals surface area contributed by atoms with Crippen LogP contribution in [-0.2, 0) is 0 Å². The zero-order valence-corrected chi connectivity index (χ0v) is 13.1. The molecule has 0 saturated carbocycles. The molecule has 1 aromatic carbocycles. The highest BCUT2D eigenvalue weighted by Gasteiger charge is 2.21. The normalized spacial score (nSPS) is 14.0. The highest BCUT2D eigenvalue weighted by molar-refractivity contribution is 9.10. The molecule has 18 heavy (non-hydrogen) atoms. The maximum absolute atomic E-state index is 13.2. The fourth-order valence-electron chi connectivity index (χ4n) is 2.15. The number of benzene rings is 1. The molecule has 1 unspecified atom stereocenters. The number of nitrogens with two attached hydrogens (primary N) is 1. The predicted molar refractivity (Wildman–Crippen MR) is 78.0 cm³/mol. The quantitative estimate of drug-likeness (QED) is 0.920. The molecule has 0 aliphatic rings. The van der Waals surface area contributed by atoms with Crippen molar-refractivity contribution in [2.45, 2.75) is 26.8 Å². The average molecular weight is 317 g/mol. The molecular formula is C14H22BrFN2. The van der Waals surface area contributed by atoms with Gasteiger partial charge in [-0.15, -0.1) is 0 Å². The van der Waals surface area contributed by atoms with Crippen LogP contribution in [0.3, 0.4) is 0 Å². The van der Waals surface area contributed by atoms with Crippen molar-refractivity contribution < 1.29 is 4.39 Å². The van der Waals surface area contributed by atoms with Gasteiger partial charge in [-0.3, -0.25) is 4.90 Å². The molecule has 2 N–H and O–H groups in total. The number of hydrogen-bond donors (Lipinski definition) is 1. The summed E-state index contributed by atoms with van der Waals surface area (Å²) in [6.45, 7) is 8.03. The molecule has 0 aliphatic carbocycles. The molecule has 0 aromatic heterocycles. The Kier molecular flexibility index (Phi) is 5.32. The fourth-order valence-corrected chi connectivity index (χ4v) is 2.55. The van der Waals surface area contributed by atoms with E-state index in [-0.39, 0.29) is 17.3 Å². The van der Waals surface area contributed by atoms with Gasteiger partial charge in [0, 0.05) is 19.1 Å². The van der Waals surface area contributed by atoms with Gasteiger partial charge in [-0.2, -0.15) is 0 Å². The topological polar surface area (TPSA) is 29.3 Å². The summed E-state index contributed by atoms with van der Waals surface area (Å²) in [7, 11) is 2.06. The van der Waals surface area contributed by atoms with Gasteiger partial charge in [-0.05, 0) is 46.1 Å². The molecule has 0 heterocycles. The molecule has 2 nitrogen and oxygen atoms in total. The lowest BCUT2D eigenvalue weighted by molar-refractivity contribution is 0.175. The molecule has 1 rings (SSSR count). The van der Waals surface area contributed by atoms with E-state index >= 15 is 0 Å². The highest BCUT2D eigenvalue weighted by atomic mass is 79.9. The van der Waals surface area contributed by atoms with Gasteiger partial charge in [0.15, 0.2) is 0 Å². The van der Waals surface area contributed by atoms with Crippen molar-refractivity contribution >= 4 is 15.9 Å². The van der Waals surface area contributed by atoms with Crippen LogP contribution in [0.1, 0.15) is 32.4 Å². The van der Waals surface area contributed by atoms with Crippen molar-refractivity contribution in [3.63, 3.8) is 0 Å². The molecule has 0 amide bonds. The van der Waals surface area contributed by atoms with Gasteiger partial charge in [-0.25, -0.2) is 4.39 Å². The van der Waals surface area contributed by atoms with Gasteiger partial charge in [0.05, 0.1) is 4.47 Å². The number of hydrogen-bond acceptors (Lipinski definition) is 2. The van der Waals surface area contributed by atoms with E-state index in [2.05, 4.69) is 48.6 Å². The molecule has 0 bridgehead atoms. The van der Waals surface area contributed by atoms with Crippen LogP contribution < -0.4 is 5.73 Å². The van der Waals surface area contributed by atoms with Crippen LogP contribution in [0.15, 0.2) is 22.7 Å². The monoisotopic (exact) mass is 316 g/mol. The second-order valence-electron chi connectivity index (χ2n) is 5.90. The van der Waals surface area contributed by atoms with E-state index < -0.39 is 0 Å². The minimum Gasteiger partial charge on any atom is -0.329 e. The summed E-state index contributed by atoms with van der Waals surface area (Å²) in [5.74, 6) is -0.243. The van der Waals surface area contributed by atoms with E-state index in [0.29, 0.717) is 11.0 Å². The van der Waals surface area contributed by atoms with Crippen molar-refractivity contribution in [1.29, 1.82) is 0 Å². The van der Waals surface area contributed by atoms with E-state index in [0.717, 1.165) is 12.1 Å². The zero-order chi connectivity index (χ0) is 13.9. The van der Waals surface area contributed by atoms with Crippen LogP contribution in [0.25, 0.3) is 0 Å². The summed E-state index contributed by atoms with van der Waals surface area (Å²) in [4.78, 5) is 2.22. The van der Waals surface area contributed by atoms with Crippen LogP contribution >= 0.6 is 15.9 Å². The molecule has 0 spiro atoms. The van der Waals surface area contributed by atoms with Crippen molar-refractivity contribution in [2.24, 2.45) is 11.1 Å². The van der Waals surface area contributed by atoms with Gasteiger partial charge in [0.1, 0.15) is 5.82 Å². The summed E-state index contributed by atoms with van der Waals surface area (Å²) < 4.78 is 13.7. The van der Waals surface area contributed by atoms with Gasteiger partial charge in [0.2, 0.25) is 0 Å². The lowest BCUT2D eigenvalue weighted by Crippen LogP contribution is -2.36. The van der Waals surface area contributed by atoms with Gasteiger partial charge in [-0.1, -0.05) is 26.8 Å². The maximum Gasteiger partial charge on any atom is 0.137 e. The first kappa shape index (κ1) is 15.6. The number of rotatable bonds is 4. The van der Waals surface area contributed by atoms with Crippen LogP contribution in [0.4, 0.5) is 4.39 Å². The van der Waals surface area contributed by atoms with E-state index in [9.17, 15) is 4.39 Å². The maximum atomic E-state index is 13.2. The minimum absolute atomic E-state index is 0.112. The predicted octanol–water partition coefficient (Wildman–Crippen LogP) is 3.57. The van der Waals surface area contributed by atoms with Crippen molar-refractivity contribution in [2.75, 3.05) is 20.1 Å². The summed E-state index contributed by atoms with van der Waals surface area (Å²) in [5.41, 5.74) is 7.11. The number of likely N-dealkylation sites (N-methyl/N-ethyl adjacent to an activating group) is 1. The van der Waals surface area contributed by atoms with Gasteiger partial charge in [0.25, 0.3) is 0 Å². The average Bonchev–Trinajstić information content (AvgIpc) is 2.21. The van der Waals surface area contributed by atoms with E-state index in [1.807, 2.05) is 6.07 Å². The van der Waals surface area contributed by atoms with Crippen molar-refractivity contribution in [1.82, 2.24) is 4.90 Å². The zero-order valence-electron chi connectivity index (χ0n) is 11.5. The van der Waals surface area contributed by atoms with Crippen LogP contribution in [0.5, 0.6) is 0 Å². The largest absolute Gasteiger partial charge is 0.329 e. The molecule has 0 fully saturated rings. The molecule has 4 heteroatoms. The summed E-state index contributed by atoms with van der Waals surface area (Å²) >= 11 is 3.22. The first-order chi connectivity index (χ1) is 8.24. The van der Waals surface area contributed by atoms with Crippen molar-refractivity contribution in [3.8, 4) is 0 Å². The van der Waals surface area contributed by atoms with E-state index in [1.165, 1.54) is 6.07 Å². The van der Waals surface area contributed by atoms with E-state index in [1.54, 1.807) is 6.07 Å². The van der Waals surface area contributed by atoms with Crippen LogP contribution in [-0.4, -0.2) is 25.0 Å². The lowest BCUT2D eigenvalue weighted by atomic mass is 9.94. The molecule has 0 aliphatic heterocycles. The van der Waals surface area contributed by atoms with E-state index in [4.69, 9.17) is 5.73 Å². The SMILES string of the molecule is CN(CC(C)(C)C)C(CN)c1ccc(F)c(Br)c1. The Morgan fingerprint density at radius 2 is 2.00 bits per heavy atom. The molecule has 102 valence electrons. The third-order valence-corrected chi connectivity index (χ3v) is 3.42. The lowest BCUT2D eigenvalue weighted by Gasteiger charge is -2.33.